The van der Waals surface area contributed by atoms with Crippen molar-refractivity contribution in [3.05, 3.63) is 24.3 Å². The average molecular weight is 375 g/mol. The topological polar surface area (TPSA) is 110 Å². The molecule has 0 radical (unpaired) electrons. The third-order valence-electron chi connectivity index (χ3n) is 4.50. The molecule has 2 aliphatic rings. The standard InChI is InChI=1S/C14H21N3O5S2/c1-16-6-11-7-17(8-12(16)10-22-9-11)24(20,21)14-4-2-13(3-5-14)23(15,18)19/h2-5,11-12H,6-10H2,1H3,(H2,15,18,19)/t11-,12+/m1/s1. The zero-order valence-corrected chi connectivity index (χ0v) is 15.0. The van der Waals surface area contributed by atoms with Gasteiger partial charge in [-0.3, -0.25) is 4.90 Å². The van der Waals surface area contributed by atoms with Crippen LogP contribution in [0.25, 0.3) is 0 Å². The number of benzene rings is 1. The first kappa shape index (κ1) is 17.8. The Kier molecular flexibility index (Phi) is 4.71. The van der Waals surface area contributed by atoms with Crippen molar-refractivity contribution in [3.8, 4) is 0 Å². The van der Waals surface area contributed by atoms with Gasteiger partial charge in [-0.2, -0.15) is 4.31 Å². The number of sulfonamides is 2. The molecule has 3 rings (SSSR count). The number of nitrogens with zero attached hydrogens (tertiary/aromatic N) is 2. The lowest BCUT2D eigenvalue weighted by molar-refractivity contribution is 0.0727. The molecule has 2 N–H and O–H groups in total. The van der Waals surface area contributed by atoms with E-state index in [4.69, 9.17) is 9.88 Å². The van der Waals surface area contributed by atoms with Gasteiger partial charge in [-0.05, 0) is 31.3 Å². The second-order valence-electron chi connectivity index (χ2n) is 6.34. The van der Waals surface area contributed by atoms with Gasteiger partial charge in [-0.15, -0.1) is 0 Å². The molecule has 0 unspecified atom stereocenters. The molecular weight excluding hydrogens is 354 g/mol. The van der Waals surface area contributed by atoms with Gasteiger partial charge >= 0.3 is 0 Å². The summed E-state index contributed by atoms with van der Waals surface area (Å²) in [6.07, 6.45) is 0. The van der Waals surface area contributed by atoms with Crippen LogP contribution in [0, 0.1) is 5.92 Å². The zero-order chi connectivity index (χ0) is 17.5. The summed E-state index contributed by atoms with van der Waals surface area (Å²) in [6, 6.07) is 5.02. The van der Waals surface area contributed by atoms with Crippen LogP contribution in [-0.2, 0) is 24.8 Å². The molecule has 2 saturated heterocycles. The van der Waals surface area contributed by atoms with Crippen molar-refractivity contribution < 1.29 is 21.6 Å². The summed E-state index contributed by atoms with van der Waals surface area (Å²) in [6.45, 7) is 2.58. The predicted molar refractivity (Wildman–Crippen MR) is 87.3 cm³/mol. The molecule has 2 bridgehead atoms. The molecule has 24 heavy (non-hydrogen) atoms. The van der Waals surface area contributed by atoms with E-state index in [0.717, 1.165) is 6.54 Å². The fraction of sp³-hybridized carbons (Fsp3) is 0.571. The summed E-state index contributed by atoms with van der Waals surface area (Å²) < 4.78 is 55.5. The Labute approximate surface area is 142 Å². The first-order valence-electron chi connectivity index (χ1n) is 7.59. The van der Waals surface area contributed by atoms with Gasteiger partial charge in [-0.25, -0.2) is 22.0 Å². The number of nitrogens with two attached hydrogens (primary N) is 1. The first-order chi connectivity index (χ1) is 11.2. The van der Waals surface area contributed by atoms with Crippen molar-refractivity contribution in [1.82, 2.24) is 9.21 Å². The van der Waals surface area contributed by atoms with Crippen LogP contribution in [0.15, 0.2) is 34.1 Å². The molecule has 0 aliphatic carbocycles. The minimum Gasteiger partial charge on any atom is -0.379 e. The summed E-state index contributed by atoms with van der Waals surface area (Å²) in [4.78, 5) is 2.10. The summed E-state index contributed by atoms with van der Waals surface area (Å²) in [7, 11) is -5.57. The van der Waals surface area contributed by atoms with E-state index in [-0.39, 0.29) is 21.8 Å². The normalized spacial score (nSPS) is 26.9. The summed E-state index contributed by atoms with van der Waals surface area (Å²) in [5.74, 6) is 0.112. The van der Waals surface area contributed by atoms with Gasteiger partial charge in [0, 0.05) is 31.6 Å². The van der Waals surface area contributed by atoms with Gasteiger partial charge in [0.25, 0.3) is 0 Å². The van der Waals surface area contributed by atoms with Crippen molar-refractivity contribution in [1.29, 1.82) is 0 Å². The van der Waals surface area contributed by atoms with Gasteiger partial charge in [-0.1, -0.05) is 0 Å². The van der Waals surface area contributed by atoms with Crippen LogP contribution in [0.4, 0.5) is 0 Å². The van der Waals surface area contributed by atoms with Crippen LogP contribution in [0.5, 0.6) is 0 Å². The van der Waals surface area contributed by atoms with Crippen LogP contribution in [0.2, 0.25) is 0 Å². The predicted octanol–water partition coefficient (Wildman–Crippen LogP) is -0.715. The van der Waals surface area contributed by atoms with E-state index < -0.39 is 20.0 Å². The molecule has 0 amide bonds. The first-order valence-corrected chi connectivity index (χ1v) is 10.6. The molecule has 0 spiro atoms. The monoisotopic (exact) mass is 375 g/mol. The van der Waals surface area contributed by atoms with Crippen LogP contribution in [0.3, 0.4) is 0 Å². The summed E-state index contributed by atoms with van der Waals surface area (Å²) in [5.41, 5.74) is 0. The van der Waals surface area contributed by atoms with E-state index in [0.29, 0.717) is 26.3 Å². The minimum absolute atomic E-state index is 0.0102. The molecule has 2 aliphatic heterocycles. The SMILES string of the molecule is CN1C[C@H]2COC[C@@H]1CN(S(=O)(=O)c1ccc(S(N)(=O)=O)cc1)C2. The number of ether oxygens (including phenoxy) is 1. The second-order valence-corrected chi connectivity index (χ2v) is 9.83. The highest BCUT2D eigenvalue weighted by molar-refractivity contribution is 7.89. The van der Waals surface area contributed by atoms with Crippen molar-refractivity contribution in [3.63, 3.8) is 0 Å². The zero-order valence-electron chi connectivity index (χ0n) is 13.3. The highest BCUT2D eigenvalue weighted by atomic mass is 32.2. The smallest absolute Gasteiger partial charge is 0.243 e. The molecule has 8 nitrogen and oxygen atoms in total. The lowest BCUT2D eigenvalue weighted by Gasteiger charge is -2.29. The second kappa shape index (κ2) is 6.36. The van der Waals surface area contributed by atoms with E-state index in [9.17, 15) is 16.8 Å². The van der Waals surface area contributed by atoms with Gasteiger partial charge in [0.15, 0.2) is 0 Å². The van der Waals surface area contributed by atoms with Crippen molar-refractivity contribution in [2.24, 2.45) is 11.1 Å². The van der Waals surface area contributed by atoms with Gasteiger partial charge in [0.1, 0.15) is 0 Å². The van der Waals surface area contributed by atoms with E-state index in [1.165, 1.54) is 28.6 Å². The lowest BCUT2D eigenvalue weighted by atomic mass is 10.1. The van der Waals surface area contributed by atoms with Crippen molar-refractivity contribution in [2.45, 2.75) is 15.8 Å². The highest BCUT2D eigenvalue weighted by Crippen LogP contribution is 2.24. The maximum absolute atomic E-state index is 12.9. The Morgan fingerprint density at radius 1 is 1.00 bits per heavy atom. The number of primary sulfonamides is 1. The minimum atomic E-state index is -3.85. The Bertz CT molecular complexity index is 807. The summed E-state index contributed by atoms with van der Waals surface area (Å²) in [5, 5.41) is 5.05. The Morgan fingerprint density at radius 3 is 2.25 bits per heavy atom. The van der Waals surface area contributed by atoms with Crippen LogP contribution < -0.4 is 5.14 Å². The maximum Gasteiger partial charge on any atom is 0.243 e. The van der Waals surface area contributed by atoms with E-state index in [1.54, 1.807) is 0 Å². The number of hydrogen-bond acceptors (Lipinski definition) is 6. The van der Waals surface area contributed by atoms with Gasteiger partial charge < -0.3 is 4.74 Å². The molecule has 0 aromatic heterocycles. The Morgan fingerprint density at radius 2 is 1.62 bits per heavy atom. The van der Waals surface area contributed by atoms with Crippen LogP contribution in [-0.4, -0.2) is 72.0 Å². The van der Waals surface area contributed by atoms with Crippen LogP contribution >= 0.6 is 0 Å². The van der Waals surface area contributed by atoms with Crippen molar-refractivity contribution in [2.75, 3.05) is 39.9 Å². The lowest BCUT2D eigenvalue weighted by Crippen LogP contribution is -2.44. The molecule has 2 fully saturated rings. The quantitative estimate of drug-likeness (QED) is 0.747. The Hall–Kier alpha value is -1.04. The van der Waals surface area contributed by atoms with Crippen LogP contribution in [0.1, 0.15) is 0 Å². The number of fused-ring (bicyclic) bond motifs is 3. The number of rotatable bonds is 3. The maximum atomic E-state index is 12.9. The average Bonchev–Trinajstić information content (AvgIpc) is 2.75. The van der Waals surface area contributed by atoms with E-state index in [1.807, 2.05) is 7.05 Å². The highest BCUT2D eigenvalue weighted by Gasteiger charge is 2.37. The molecule has 2 heterocycles. The van der Waals surface area contributed by atoms with E-state index in [2.05, 4.69) is 4.90 Å². The van der Waals surface area contributed by atoms with Gasteiger partial charge in [0.2, 0.25) is 20.0 Å². The third kappa shape index (κ3) is 3.48. The third-order valence-corrected chi connectivity index (χ3v) is 7.27. The fourth-order valence-corrected chi connectivity index (χ4v) is 5.22. The Balaban J connectivity index is 1.90. The molecule has 10 heteroatoms. The molecule has 2 atom stereocenters. The molecular formula is C14H21N3O5S2. The fourth-order valence-electron chi connectivity index (χ4n) is 3.15. The van der Waals surface area contributed by atoms with Gasteiger partial charge in [0.05, 0.1) is 23.0 Å². The van der Waals surface area contributed by atoms with E-state index >= 15 is 0 Å². The largest absolute Gasteiger partial charge is 0.379 e. The molecule has 1 aromatic carbocycles. The number of hydrogen-bond donors (Lipinski definition) is 1. The molecule has 134 valence electrons. The molecule has 1 aromatic rings. The summed E-state index contributed by atoms with van der Waals surface area (Å²) >= 11 is 0. The number of likely N-dealkylation sites (N-methyl/N-ethyl adjacent to an activating group) is 1. The van der Waals surface area contributed by atoms with Crippen molar-refractivity contribution >= 4 is 20.0 Å². The molecule has 0 saturated carbocycles.